The van der Waals surface area contributed by atoms with E-state index in [1.807, 2.05) is 44.6 Å². The van der Waals surface area contributed by atoms with E-state index < -0.39 is 0 Å². The van der Waals surface area contributed by atoms with Crippen molar-refractivity contribution in [3.05, 3.63) is 47.8 Å². The van der Waals surface area contributed by atoms with Gasteiger partial charge < -0.3 is 15.4 Å². The van der Waals surface area contributed by atoms with Crippen LogP contribution in [-0.4, -0.2) is 29.4 Å². The summed E-state index contributed by atoms with van der Waals surface area (Å²) in [7, 11) is 3.57. The fourth-order valence-corrected chi connectivity index (χ4v) is 2.03. The fourth-order valence-electron chi connectivity index (χ4n) is 2.03. The molecule has 1 aromatic carbocycles. The Morgan fingerprint density at radius 1 is 1.30 bits per heavy atom. The van der Waals surface area contributed by atoms with Crippen LogP contribution in [0.25, 0.3) is 0 Å². The van der Waals surface area contributed by atoms with Crippen molar-refractivity contribution in [1.82, 2.24) is 20.4 Å². The van der Waals surface area contributed by atoms with Crippen LogP contribution in [0.15, 0.2) is 41.7 Å². The van der Waals surface area contributed by atoms with E-state index in [1.165, 1.54) is 0 Å². The monoisotopic (exact) mass is 429 g/mol. The van der Waals surface area contributed by atoms with E-state index in [9.17, 15) is 0 Å². The summed E-state index contributed by atoms with van der Waals surface area (Å²) in [5.41, 5.74) is 2.23. The molecule has 2 rings (SSSR count). The predicted octanol–water partition coefficient (Wildman–Crippen LogP) is 2.30. The van der Waals surface area contributed by atoms with E-state index in [0.717, 1.165) is 29.4 Å². The molecule has 0 aliphatic carbocycles. The normalized spacial score (nSPS) is 10.8. The van der Waals surface area contributed by atoms with E-state index in [2.05, 4.69) is 26.8 Å². The van der Waals surface area contributed by atoms with E-state index in [4.69, 9.17) is 4.74 Å². The van der Waals surface area contributed by atoms with Crippen molar-refractivity contribution in [2.24, 2.45) is 12.0 Å². The van der Waals surface area contributed by atoms with Gasteiger partial charge in [-0.25, -0.2) is 4.99 Å². The van der Waals surface area contributed by atoms with Crippen molar-refractivity contribution < 1.29 is 4.74 Å². The Kier molecular flexibility index (Phi) is 8.46. The quantitative estimate of drug-likeness (QED) is 0.420. The minimum absolute atomic E-state index is 0. The maximum Gasteiger partial charge on any atom is 0.191 e. The van der Waals surface area contributed by atoms with Gasteiger partial charge in [0.15, 0.2) is 5.96 Å². The smallest absolute Gasteiger partial charge is 0.191 e. The van der Waals surface area contributed by atoms with Crippen molar-refractivity contribution in [3.63, 3.8) is 0 Å². The van der Waals surface area contributed by atoms with E-state index in [-0.39, 0.29) is 24.0 Å². The van der Waals surface area contributed by atoms with Gasteiger partial charge in [0.05, 0.1) is 19.9 Å². The van der Waals surface area contributed by atoms with E-state index in [1.54, 1.807) is 11.8 Å². The molecule has 23 heavy (non-hydrogen) atoms. The molecule has 0 atom stereocenters. The lowest BCUT2D eigenvalue weighted by Crippen LogP contribution is -2.36. The molecule has 1 heterocycles. The van der Waals surface area contributed by atoms with Gasteiger partial charge in [-0.15, -0.1) is 24.0 Å². The zero-order valence-electron chi connectivity index (χ0n) is 13.7. The van der Waals surface area contributed by atoms with Crippen LogP contribution < -0.4 is 15.4 Å². The molecule has 0 radical (unpaired) electrons. The average Bonchev–Trinajstić information content (AvgIpc) is 2.96. The van der Waals surface area contributed by atoms with Crippen LogP contribution in [0.4, 0.5) is 0 Å². The van der Waals surface area contributed by atoms with Crippen LogP contribution in [0.2, 0.25) is 0 Å². The third-order valence-corrected chi connectivity index (χ3v) is 3.12. The zero-order valence-corrected chi connectivity index (χ0v) is 16.1. The van der Waals surface area contributed by atoms with Gasteiger partial charge in [0, 0.05) is 31.9 Å². The summed E-state index contributed by atoms with van der Waals surface area (Å²) in [6, 6.07) is 7.98. The molecule has 0 spiro atoms. The average molecular weight is 429 g/mol. The summed E-state index contributed by atoms with van der Waals surface area (Å²) < 4.78 is 7.01. The van der Waals surface area contributed by atoms with E-state index in [0.29, 0.717) is 13.1 Å². The summed E-state index contributed by atoms with van der Waals surface area (Å²) in [6.45, 7) is 4.15. The number of ether oxygens (including phenoxy) is 1. The lowest BCUT2D eigenvalue weighted by molar-refractivity contribution is 0.414. The van der Waals surface area contributed by atoms with Gasteiger partial charge in [-0.05, 0) is 24.6 Å². The third-order valence-electron chi connectivity index (χ3n) is 3.12. The number of aliphatic imine (C=N–C) groups is 1. The van der Waals surface area contributed by atoms with Gasteiger partial charge in [-0.2, -0.15) is 5.10 Å². The van der Waals surface area contributed by atoms with Crippen molar-refractivity contribution in [1.29, 1.82) is 0 Å². The number of nitrogens with zero attached hydrogens (tertiary/aromatic N) is 3. The van der Waals surface area contributed by atoms with Gasteiger partial charge in [0.2, 0.25) is 0 Å². The number of guanidine groups is 1. The summed E-state index contributed by atoms with van der Waals surface area (Å²) in [5, 5.41) is 10.7. The molecule has 0 aliphatic rings. The number of methoxy groups -OCH3 is 1. The van der Waals surface area contributed by atoms with Gasteiger partial charge >= 0.3 is 0 Å². The Morgan fingerprint density at radius 2 is 2.13 bits per heavy atom. The second-order valence-corrected chi connectivity index (χ2v) is 4.92. The molecule has 7 heteroatoms. The molecule has 1 aromatic heterocycles. The molecule has 0 aliphatic heterocycles. The largest absolute Gasteiger partial charge is 0.497 e. The molecule has 0 fully saturated rings. The Hall–Kier alpha value is -1.77. The van der Waals surface area contributed by atoms with Crippen molar-refractivity contribution in [2.45, 2.75) is 20.0 Å². The number of hydrogen-bond donors (Lipinski definition) is 2. The topological polar surface area (TPSA) is 63.5 Å². The second kappa shape index (κ2) is 10.1. The Morgan fingerprint density at radius 3 is 2.78 bits per heavy atom. The van der Waals surface area contributed by atoms with Crippen LogP contribution >= 0.6 is 24.0 Å². The maximum absolute atomic E-state index is 5.23. The third kappa shape index (κ3) is 6.47. The highest BCUT2D eigenvalue weighted by molar-refractivity contribution is 14.0. The molecule has 6 nitrogen and oxygen atoms in total. The minimum Gasteiger partial charge on any atom is -0.497 e. The first kappa shape index (κ1) is 19.3. The summed E-state index contributed by atoms with van der Waals surface area (Å²) >= 11 is 0. The van der Waals surface area contributed by atoms with Gasteiger partial charge in [0.25, 0.3) is 0 Å². The molecular formula is C16H24IN5O. The fraction of sp³-hybridized carbons (Fsp3) is 0.375. The first-order chi connectivity index (χ1) is 10.7. The second-order valence-electron chi connectivity index (χ2n) is 4.92. The number of aromatic nitrogens is 2. The van der Waals surface area contributed by atoms with Crippen LogP contribution in [0.3, 0.4) is 0 Å². The van der Waals surface area contributed by atoms with Gasteiger partial charge in [-0.1, -0.05) is 12.1 Å². The van der Waals surface area contributed by atoms with E-state index >= 15 is 0 Å². The van der Waals surface area contributed by atoms with Crippen LogP contribution in [-0.2, 0) is 20.1 Å². The molecule has 126 valence electrons. The zero-order chi connectivity index (χ0) is 15.8. The summed E-state index contributed by atoms with van der Waals surface area (Å²) in [4.78, 5) is 4.56. The molecule has 0 saturated carbocycles. The number of benzene rings is 1. The standard InChI is InChI=1S/C16H23N5O.HI/c1-4-17-16(19-10-14-11-20-21(2)12-14)18-9-13-6-5-7-15(8-13)22-3;/h5-8,11-12H,4,9-10H2,1-3H3,(H2,17,18,19);1H. The lowest BCUT2D eigenvalue weighted by atomic mass is 10.2. The molecule has 0 bridgehead atoms. The lowest BCUT2D eigenvalue weighted by Gasteiger charge is -2.11. The Balaban J connectivity index is 0.00000264. The number of nitrogens with one attached hydrogen (secondary N) is 2. The molecular weight excluding hydrogens is 405 g/mol. The highest BCUT2D eigenvalue weighted by Gasteiger charge is 2.01. The SMILES string of the molecule is CCNC(=NCc1cnn(C)c1)NCc1cccc(OC)c1.I. The van der Waals surface area contributed by atoms with Gasteiger partial charge in [0.1, 0.15) is 5.75 Å². The van der Waals surface area contributed by atoms with Crippen molar-refractivity contribution in [2.75, 3.05) is 13.7 Å². The number of aryl methyl sites for hydroxylation is 1. The molecule has 2 aromatic rings. The predicted molar refractivity (Wildman–Crippen MR) is 103 cm³/mol. The number of halogens is 1. The molecule has 0 amide bonds. The highest BCUT2D eigenvalue weighted by atomic mass is 127. The van der Waals surface area contributed by atoms with Crippen LogP contribution in [0.5, 0.6) is 5.75 Å². The van der Waals surface area contributed by atoms with Gasteiger partial charge in [-0.3, -0.25) is 4.68 Å². The van der Waals surface area contributed by atoms with Crippen LogP contribution in [0, 0.1) is 0 Å². The Labute approximate surface area is 154 Å². The molecule has 0 saturated heterocycles. The first-order valence-electron chi connectivity index (χ1n) is 7.34. The first-order valence-corrected chi connectivity index (χ1v) is 7.34. The van der Waals surface area contributed by atoms with Crippen LogP contribution in [0.1, 0.15) is 18.1 Å². The molecule has 2 N–H and O–H groups in total. The molecule has 0 unspecified atom stereocenters. The number of hydrogen-bond acceptors (Lipinski definition) is 3. The van der Waals surface area contributed by atoms with Crippen molar-refractivity contribution >= 4 is 29.9 Å². The maximum atomic E-state index is 5.23. The minimum atomic E-state index is 0. The summed E-state index contributed by atoms with van der Waals surface area (Å²) in [6.07, 6.45) is 3.80. The number of rotatable bonds is 6. The highest BCUT2D eigenvalue weighted by Crippen LogP contribution is 2.12. The van der Waals surface area contributed by atoms with Crippen molar-refractivity contribution in [3.8, 4) is 5.75 Å². The summed E-state index contributed by atoms with van der Waals surface area (Å²) in [5.74, 6) is 1.64. The Bertz CT molecular complexity index is 626.